The highest BCUT2D eigenvalue weighted by atomic mass is 14.8. The van der Waals surface area contributed by atoms with Gasteiger partial charge in [-0.05, 0) is 54.1 Å². The average Bonchev–Trinajstić information content (AvgIpc) is 2.93. The Labute approximate surface area is 119 Å². The maximum absolute atomic E-state index is 3.52. The van der Waals surface area contributed by atoms with Gasteiger partial charge in [-0.3, -0.25) is 0 Å². The molecule has 0 aliphatic rings. The summed E-state index contributed by atoms with van der Waals surface area (Å²) in [4.78, 5) is 3.26. The summed E-state index contributed by atoms with van der Waals surface area (Å²) < 4.78 is 0. The van der Waals surface area contributed by atoms with Crippen LogP contribution >= 0.6 is 0 Å². The molecule has 0 saturated heterocycles. The lowest BCUT2D eigenvalue weighted by Crippen LogP contribution is -2.17. The Morgan fingerprint density at radius 3 is 2.85 bits per heavy atom. The predicted molar refractivity (Wildman–Crippen MR) is 84.9 cm³/mol. The first-order chi connectivity index (χ1) is 9.83. The number of rotatable bonds is 5. The maximum atomic E-state index is 3.52. The molecule has 20 heavy (non-hydrogen) atoms. The third-order valence-electron chi connectivity index (χ3n) is 3.78. The number of hydrogen-bond donors (Lipinski definition) is 2. The van der Waals surface area contributed by atoms with Gasteiger partial charge < -0.3 is 10.3 Å². The summed E-state index contributed by atoms with van der Waals surface area (Å²) in [5.74, 6) is 0. The molecule has 2 aromatic carbocycles. The zero-order valence-corrected chi connectivity index (χ0v) is 11.8. The molecule has 0 amide bonds. The number of fused-ring (bicyclic) bond motifs is 1. The molecular formula is C18H20N2. The molecule has 2 N–H and O–H groups in total. The molecule has 0 spiro atoms. The van der Waals surface area contributed by atoms with Gasteiger partial charge in [-0.15, -0.1) is 0 Å². The molecule has 0 saturated carbocycles. The highest BCUT2D eigenvalue weighted by molar-refractivity contribution is 5.79. The fourth-order valence-electron chi connectivity index (χ4n) is 2.55. The highest BCUT2D eigenvalue weighted by Gasteiger charge is 1.99. The van der Waals surface area contributed by atoms with E-state index in [1.807, 2.05) is 6.20 Å². The zero-order valence-electron chi connectivity index (χ0n) is 11.8. The van der Waals surface area contributed by atoms with Crippen molar-refractivity contribution in [1.29, 1.82) is 0 Å². The highest BCUT2D eigenvalue weighted by Crippen LogP contribution is 2.14. The summed E-state index contributed by atoms with van der Waals surface area (Å²) in [7, 11) is 0. The Bertz CT molecular complexity index is 697. The van der Waals surface area contributed by atoms with E-state index >= 15 is 0 Å². The van der Waals surface area contributed by atoms with Gasteiger partial charge in [0.15, 0.2) is 0 Å². The SMILES string of the molecule is Cc1ccccc1CCNCc1ccc2cc[nH]c2c1. The molecule has 0 aliphatic carbocycles. The van der Waals surface area contributed by atoms with E-state index in [0.29, 0.717) is 0 Å². The Morgan fingerprint density at radius 1 is 1.05 bits per heavy atom. The van der Waals surface area contributed by atoms with Gasteiger partial charge in [0.05, 0.1) is 0 Å². The normalized spacial score (nSPS) is 11.1. The first-order valence-corrected chi connectivity index (χ1v) is 7.14. The molecule has 102 valence electrons. The molecule has 0 fully saturated rings. The van der Waals surface area contributed by atoms with Gasteiger partial charge in [0.25, 0.3) is 0 Å². The summed E-state index contributed by atoms with van der Waals surface area (Å²) in [6, 6.07) is 17.3. The summed E-state index contributed by atoms with van der Waals surface area (Å²) in [6.07, 6.45) is 3.07. The number of hydrogen-bond acceptors (Lipinski definition) is 1. The molecule has 2 nitrogen and oxygen atoms in total. The van der Waals surface area contributed by atoms with Gasteiger partial charge in [0, 0.05) is 18.3 Å². The molecular weight excluding hydrogens is 244 g/mol. The number of aromatic amines is 1. The minimum atomic E-state index is 0.918. The Balaban J connectivity index is 1.53. The van der Waals surface area contributed by atoms with Crippen molar-refractivity contribution in [3.8, 4) is 0 Å². The van der Waals surface area contributed by atoms with Crippen molar-refractivity contribution in [1.82, 2.24) is 10.3 Å². The fraction of sp³-hybridized carbons (Fsp3) is 0.222. The second-order valence-corrected chi connectivity index (χ2v) is 5.25. The van der Waals surface area contributed by atoms with E-state index in [-0.39, 0.29) is 0 Å². The van der Waals surface area contributed by atoms with Crippen molar-refractivity contribution in [2.24, 2.45) is 0 Å². The molecule has 3 rings (SSSR count). The van der Waals surface area contributed by atoms with Gasteiger partial charge in [-0.25, -0.2) is 0 Å². The second-order valence-electron chi connectivity index (χ2n) is 5.25. The van der Waals surface area contributed by atoms with Crippen molar-refractivity contribution in [2.75, 3.05) is 6.54 Å². The van der Waals surface area contributed by atoms with Crippen LogP contribution in [0.4, 0.5) is 0 Å². The van der Waals surface area contributed by atoms with E-state index in [0.717, 1.165) is 19.5 Å². The van der Waals surface area contributed by atoms with E-state index < -0.39 is 0 Å². The van der Waals surface area contributed by atoms with Crippen LogP contribution in [0.2, 0.25) is 0 Å². The molecule has 0 aliphatic heterocycles. The lowest BCUT2D eigenvalue weighted by Gasteiger charge is -2.07. The third-order valence-corrected chi connectivity index (χ3v) is 3.78. The van der Waals surface area contributed by atoms with E-state index in [4.69, 9.17) is 0 Å². The van der Waals surface area contributed by atoms with Crippen LogP contribution in [0, 0.1) is 6.92 Å². The van der Waals surface area contributed by atoms with Crippen molar-refractivity contribution in [2.45, 2.75) is 19.9 Å². The van der Waals surface area contributed by atoms with Gasteiger partial charge >= 0.3 is 0 Å². The van der Waals surface area contributed by atoms with Crippen molar-refractivity contribution >= 4 is 10.9 Å². The first kappa shape index (κ1) is 12.9. The van der Waals surface area contributed by atoms with Gasteiger partial charge in [-0.1, -0.05) is 36.4 Å². The quantitative estimate of drug-likeness (QED) is 0.674. The maximum Gasteiger partial charge on any atom is 0.0457 e. The van der Waals surface area contributed by atoms with Gasteiger partial charge in [-0.2, -0.15) is 0 Å². The molecule has 0 atom stereocenters. The monoisotopic (exact) mass is 264 g/mol. The minimum absolute atomic E-state index is 0.918. The van der Waals surface area contributed by atoms with Crippen molar-refractivity contribution in [3.63, 3.8) is 0 Å². The summed E-state index contributed by atoms with van der Waals surface area (Å²) in [5.41, 5.74) is 5.34. The third kappa shape index (κ3) is 2.91. The Kier molecular flexibility index (Phi) is 3.84. The van der Waals surface area contributed by atoms with E-state index in [1.54, 1.807) is 0 Å². The Hall–Kier alpha value is -2.06. The molecule has 0 bridgehead atoms. The predicted octanol–water partition coefficient (Wildman–Crippen LogP) is 3.81. The van der Waals surface area contributed by atoms with E-state index in [9.17, 15) is 0 Å². The summed E-state index contributed by atoms with van der Waals surface area (Å²) >= 11 is 0. The largest absolute Gasteiger partial charge is 0.361 e. The lowest BCUT2D eigenvalue weighted by atomic mass is 10.1. The van der Waals surface area contributed by atoms with Crippen LogP contribution in [0.5, 0.6) is 0 Å². The lowest BCUT2D eigenvalue weighted by molar-refractivity contribution is 0.686. The van der Waals surface area contributed by atoms with Crippen LogP contribution in [-0.2, 0) is 13.0 Å². The van der Waals surface area contributed by atoms with Crippen LogP contribution in [0.15, 0.2) is 54.7 Å². The topological polar surface area (TPSA) is 27.8 Å². The number of aryl methyl sites for hydroxylation is 1. The number of nitrogens with one attached hydrogen (secondary N) is 2. The fourth-order valence-corrected chi connectivity index (χ4v) is 2.55. The second kappa shape index (κ2) is 5.93. The zero-order chi connectivity index (χ0) is 13.8. The van der Waals surface area contributed by atoms with Crippen molar-refractivity contribution < 1.29 is 0 Å². The number of benzene rings is 2. The van der Waals surface area contributed by atoms with Crippen LogP contribution in [0.1, 0.15) is 16.7 Å². The van der Waals surface area contributed by atoms with Crippen LogP contribution < -0.4 is 5.32 Å². The summed E-state index contributed by atoms with van der Waals surface area (Å²) in [6.45, 7) is 4.10. The first-order valence-electron chi connectivity index (χ1n) is 7.14. The minimum Gasteiger partial charge on any atom is -0.361 e. The van der Waals surface area contributed by atoms with Crippen LogP contribution in [0.3, 0.4) is 0 Å². The van der Waals surface area contributed by atoms with Crippen LogP contribution in [-0.4, -0.2) is 11.5 Å². The summed E-state index contributed by atoms with van der Waals surface area (Å²) in [5, 5.41) is 4.79. The van der Waals surface area contributed by atoms with Gasteiger partial charge in [0.2, 0.25) is 0 Å². The standard InChI is InChI=1S/C18H20N2/c1-14-4-2-3-5-16(14)8-10-19-13-15-6-7-17-9-11-20-18(17)12-15/h2-7,9,11-12,19-20H,8,10,13H2,1H3. The molecule has 1 heterocycles. The van der Waals surface area contributed by atoms with Crippen molar-refractivity contribution in [3.05, 3.63) is 71.4 Å². The molecule has 0 unspecified atom stereocenters. The Morgan fingerprint density at radius 2 is 1.95 bits per heavy atom. The average molecular weight is 264 g/mol. The number of H-pyrrole nitrogens is 1. The van der Waals surface area contributed by atoms with Gasteiger partial charge in [0.1, 0.15) is 0 Å². The number of aromatic nitrogens is 1. The van der Waals surface area contributed by atoms with Crippen LogP contribution in [0.25, 0.3) is 10.9 Å². The van der Waals surface area contributed by atoms with E-state index in [1.165, 1.54) is 27.6 Å². The molecule has 2 heteroatoms. The molecule has 3 aromatic rings. The smallest absolute Gasteiger partial charge is 0.0457 e. The molecule has 0 radical (unpaired) electrons. The van der Waals surface area contributed by atoms with E-state index in [2.05, 4.69) is 65.8 Å². The molecule has 1 aromatic heterocycles.